The Morgan fingerprint density at radius 3 is 2.33 bits per heavy atom. The van der Waals surface area contributed by atoms with E-state index in [-0.39, 0.29) is 0 Å². The number of benzene rings is 1. The largest absolute Gasteiger partial charge is 0.389 e. The summed E-state index contributed by atoms with van der Waals surface area (Å²) in [6.07, 6.45) is -0.461. The lowest BCUT2D eigenvalue weighted by Crippen LogP contribution is -2.50. The molecule has 0 unspecified atom stereocenters. The van der Waals surface area contributed by atoms with Crippen molar-refractivity contribution in [3.8, 4) is 0 Å². The van der Waals surface area contributed by atoms with Gasteiger partial charge < -0.3 is 15.1 Å². The zero-order valence-electron chi connectivity index (χ0n) is 13.0. The van der Waals surface area contributed by atoms with Crippen LogP contribution in [0, 0.1) is 0 Å². The highest BCUT2D eigenvalue weighted by Crippen LogP contribution is 2.28. The smallest absolute Gasteiger partial charge is 0.0772 e. The molecule has 4 nitrogen and oxygen atoms in total. The molecule has 1 saturated heterocycles. The van der Waals surface area contributed by atoms with E-state index < -0.39 is 11.7 Å². The van der Waals surface area contributed by atoms with Crippen molar-refractivity contribution in [1.29, 1.82) is 0 Å². The minimum Gasteiger partial charge on any atom is -0.389 e. The first-order valence-corrected chi connectivity index (χ1v) is 8.23. The summed E-state index contributed by atoms with van der Waals surface area (Å²) >= 11 is 3.54. The molecule has 0 amide bonds. The summed E-state index contributed by atoms with van der Waals surface area (Å²) in [6.45, 7) is 10.0. The Balaban J connectivity index is 1.98. The van der Waals surface area contributed by atoms with Crippen molar-refractivity contribution >= 4 is 21.6 Å². The Hall–Kier alpha value is -0.620. The third kappa shape index (κ3) is 4.68. The molecule has 21 heavy (non-hydrogen) atoms. The molecule has 118 valence electrons. The molecule has 0 radical (unpaired) electrons. The number of β-amino-alcohol motifs (C(OH)–C–C–N with tert-alkyl or cyclic N) is 1. The summed E-state index contributed by atoms with van der Waals surface area (Å²) in [7, 11) is 0. The monoisotopic (exact) mass is 356 g/mol. The zero-order chi connectivity index (χ0) is 15.6. The lowest BCUT2D eigenvalue weighted by atomic mass is 10.1. The van der Waals surface area contributed by atoms with Crippen LogP contribution in [0.4, 0.5) is 5.69 Å². The van der Waals surface area contributed by atoms with Crippen LogP contribution in [-0.2, 0) is 0 Å². The fourth-order valence-electron chi connectivity index (χ4n) is 2.76. The minimum atomic E-state index is -0.635. The number of hydrogen-bond donors (Lipinski definition) is 2. The molecule has 1 fully saturated rings. The van der Waals surface area contributed by atoms with Gasteiger partial charge in [0, 0.05) is 42.9 Å². The topological polar surface area (TPSA) is 46.9 Å². The van der Waals surface area contributed by atoms with Crippen molar-refractivity contribution in [3.05, 3.63) is 28.2 Å². The van der Waals surface area contributed by atoms with Crippen LogP contribution in [0.1, 0.15) is 32.4 Å². The van der Waals surface area contributed by atoms with Crippen LogP contribution in [0.3, 0.4) is 0 Å². The molecule has 0 aliphatic carbocycles. The van der Waals surface area contributed by atoms with E-state index in [2.05, 4.69) is 37.9 Å². The van der Waals surface area contributed by atoms with Gasteiger partial charge in [0.2, 0.25) is 0 Å². The molecule has 0 spiro atoms. The van der Waals surface area contributed by atoms with Crippen molar-refractivity contribution in [3.63, 3.8) is 0 Å². The quantitative estimate of drug-likeness (QED) is 0.869. The third-order valence-corrected chi connectivity index (χ3v) is 4.47. The molecule has 1 atom stereocenters. The molecule has 0 aromatic heterocycles. The van der Waals surface area contributed by atoms with Crippen LogP contribution in [0.25, 0.3) is 0 Å². The average Bonchev–Trinajstić information content (AvgIpc) is 2.37. The van der Waals surface area contributed by atoms with Crippen molar-refractivity contribution in [2.75, 3.05) is 37.6 Å². The molecular weight excluding hydrogens is 332 g/mol. The van der Waals surface area contributed by atoms with Gasteiger partial charge in [-0.2, -0.15) is 0 Å². The minimum absolute atomic E-state index is 0.461. The van der Waals surface area contributed by atoms with Crippen molar-refractivity contribution in [2.45, 2.75) is 32.5 Å². The summed E-state index contributed by atoms with van der Waals surface area (Å²) in [4.78, 5) is 4.65. The second kappa shape index (κ2) is 6.65. The van der Waals surface area contributed by atoms with Gasteiger partial charge in [-0.1, -0.05) is 22.0 Å². The molecule has 1 aromatic rings. The van der Waals surface area contributed by atoms with E-state index in [9.17, 15) is 10.2 Å². The second-order valence-electron chi connectivity index (χ2n) is 6.46. The molecule has 0 bridgehead atoms. The second-order valence-corrected chi connectivity index (χ2v) is 7.31. The first-order valence-electron chi connectivity index (χ1n) is 7.43. The highest BCUT2D eigenvalue weighted by atomic mass is 79.9. The number of hydrogen-bond acceptors (Lipinski definition) is 4. The van der Waals surface area contributed by atoms with Crippen molar-refractivity contribution in [2.24, 2.45) is 0 Å². The molecule has 1 heterocycles. The van der Waals surface area contributed by atoms with Crippen LogP contribution in [0.15, 0.2) is 22.7 Å². The summed E-state index contributed by atoms with van der Waals surface area (Å²) in [5.41, 5.74) is 1.46. The normalized spacial score (nSPS) is 18.9. The van der Waals surface area contributed by atoms with Gasteiger partial charge in [0.05, 0.1) is 11.7 Å². The third-order valence-electron chi connectivity index (χ3n) is 3.78. The Bertz CT molecular complexity index is 478. The molecule has 0 saturated carbocycles. The van der Waals surface area contributed by atoms with Crippen LogP contribution >= 0.6 is 15.9 Å². The lowest BCUT2D eigenvalue weighted by Gasteiger charge is -2.38. The maximum Gasteiger partial charge on any atom is 0.0772 e. The predicted octanol–water partition coefficient (Wildman–Crippen LogP) is 2.40. The van der Waals surface area contributed by atoms with E-state index in [1.807, 2.05) is 19.9 Å². The van der Waals surface area contributed by atoms with Crippen LogP contribution < -0.4 is 4.90 Å². The molecule has 1 aromatic carbocycles. The molecule has 1 aliphatic rings. The highest BCUT2D eigenvalue weighted by molar-refractivity contribution is 9.10. The molecule has 5 heteroatoms. The van der Waals surface area contributed by atoms with E-state index in [1.165, 1.54) is 5.69 Å². The van der Waals surface area contributed by atoms with Gasteiger partial charge in [-0.25, -0.2) is 0 Å². The maximum atomic E-state index is 9.89. The van der Waals surface area contributed by atoms with Crippen LogP contribution in [0.5, 0.6) is 0 Å². The highest BCUT2D eigenvalue weighted by Gasteiger charge is 2.23. The summed E-state index contributed by atoms with van der Waals surface area (Å²) in [5, 5.41) is 19.6. The standard InChI is InChI=1S/C16H25BrN2O2/c1-12(20)14-5-4-13(10-15(14)17)19-8-6-18(7-9-19)11-16(2,3)21/h4-5,10,12,20-21H,6-9,11H2,1-3H3/t12-/m0/s1. The first kappa shape index (κ1) is 16.7. The molecule has 1 aliphatic heterocycles. The van der Waals surface area contributed by atoms with Gasteiger partial charge in [0.15, 0.2) is 0 Å². The first-order chi connectivity index (χ1) is 9.76. The SMILES string of the molecule is C[C@H](O)c1ccc(N2CCN(CC(C)(C)O)CC2)cc1Br. The number of nitrogens with zero attached hydrogens (tertiary/aromatic N) is 2. The van der Waals surface area contributed by atoms with Gasteiger partial charge in [-0.15, -0.1) is 0 Å². The van der Waals surface area contributed by atoms with Crippen LogP contribution in [-0.4, -0.2) is 53.4 Å². The average molecular weight is 357 g/mol. The van der Waals surface area contributed by atoms with Crippen LogP contribution in [0.2, 0.25) is 0 Å². The Morgan fingerprint density at radius 2 is 1.86 bits per heavy atom. The summed E-state index contributed by atoms with van der Waals surface area (Å²) in [6, 6.07) is 6.12. The van der Waals surface area contributed by atoms with Gasteiger partial charge in [0.1, 0.15) is 0 Å². The number of piperazine rings is 1. The number of halogens is 1. The van der Waals surface area contributed by atoms with Crippen molar-refractivity contribution in [1.82, 2.24) is 4.90 Å². The fraction of sp³-hybridized carbons (Fsp3) is 0.625. The Kier molecular flexibility index (Phi) is 5.30. The predicted molar refractivity (Wildman–Crippen MR) is 89.7 cm³/mol. The Labute approximate surface area is 135 Å². The Morgan fingerprint density at radius 1 is 1.24 bits per heavy atom. The van der Waals surface area contributed by atoms with Gasteiger partial charge in [-0.05, 0) is 38.5 Å². The number of aliphatic hydroxyl groups excluding tert-OH is 1. The number of anilines is 1. The summed E-state index contributed by atoms with van der Waals surface area (Å²) < 4.78 is 0.953. The van der Waals surface area contributed by atoms with Crippen molar-refractivity contribution < 1.29 is 10.2 Å². The number of aliphatic hydroxyl groups is 2. The van der Waals surface area contributed by atoms with E-state index in [4.69, 9.17) is 0 Å². The van der Waals surface area contributed by atoms with E-state index in [1.54, 1.807) is 6.92 Å². The molecule has 2 N–H and O–H groups in total. The maximum absolute atomic E-state index is 9.89. The molecule has 2 rings (SSSR count). The number of rotatable bonds is 4. The zero-order valence-corrected chi connectivity index (χ0v) is 14.6. The van der Waals surface area contributed by atoms with Gasteiger partial charge in [-0.3, -0.25) is 4.90 Å². The molecular formula is C16H25BrN2O2. The fourth-order valence-corrected chi connectivity index (χ4v) is 3.46. The summed E-state index contributed by atoms with van der Waals surface area (Å²) in [5.74, 6) is 0. The van der Waals surface area contributed by atoms with E-state index in [0.29, 0.717) is 6.54 Å². The van der Waals surface area contributed by atoms with Gasteiger partial charge >= 0.3 is 0 Å². The van der Waals surface area contributed by atoms with E-state index in [0.717, 1.165) is 36.2 Å². The van der Waals surface area contributed by atoms with Gasteiger partial charge in [0.25, 0.3) is 0 Å². The van der Waals surface area contributed by atoms with E-state index >= 15 is 0 Å². The lowest BCUT2D eigenvalue weighted by molar-refractivity contribution is 0.0345.